The first-order valence-electron chi connectivity index (χ1n) is 13.4. The highest BCUT2D eigenvalue weighted by Gasteiger charge is 2.27. The Morgan fingerprint density at radius 3 is 2.50 bits per heavy atom. The lowest BCUT2D eigenvalue weighted by Gasteiger charge is -2.32. The summed E-state index contributed by atoms with van der Waals surface area (Å²) in [6.45, 7) is 3.91. The quantitative estimate of drug-likeness (QED) is 0.427. The van der Waals surface area contributed by atoms with Crippen molar-refractivity contribution in [1.82, 2.24) is 24.6 Å². The molecule has 2 aliphatic rings. The van der Waals surface area contributed by atoms with Gasteiger partial charge in [0.1, 0.15) is 18.2 Å². The molecule has 0 radical (unpaired) electrons. The molecule has 0 atom stereocenters. The van der Waals surface area contributed by atoms with Crippen molar-refractivity contribution in [3.63, 3.8) is 0 Å². The first-order valence-corrected chi connectivity index (χ1v) is 13.4. The lowest BCUT2D eigenvalue weighted by Crippen LogP contribution is -2.40. The first-order chi connectivity index (χ1) is 17.5. The van der Waals surface area contributed by atoms with Gasteiger partial charge in [0.05, 0.1) is 0 Å². The minimum Gasteiger partial charge on any atom is -0.341 e. The maximum Gasteiger partial charge on any atom is 0.244 e. The van der Waals surface area contributed by atoms with Gasteiger partial charge in [0.2, 0.25) is 5.91 Å². The molecule has 1 aromatic carbocycles. The SMILES string of the molecule is Cc1ccnc(CCC2CCN(C(=O)Cn3nc(-c4ccc(F)cc4)nc3C3CCCCC3)CC2)c1. The van der Waals surface area contributed by atoms with Crippen LogP contribution in [0.3, 0.4) is 0 Å². The largest absolute Gasteiger partial charge is 0.341 e. The van der Waals surface area contributed by atoms with Crippen LogP contribution in [0.1, 0.15) is 74.4 Å². The summed E-state index contributed by atoms with van der Waals surface area (Å²) < 4.78 is 15.3. The number of carbonyl (C=O) groups excluding carboxylic acids is 1. The predicted octanol–water partition coefficient (Wildman–Crippen LogP) is 5.71. The van der Waals surface area contributed by atoms with Crippen molar-refractivity contribution in [2.75, 3.05) is 13.1 Å². The van der Waals surface area contributed by atoms with E-state index in [4.69, 9.17) is 10.1 Å². The van der Waals surface area contributed by atoms with Gasteiger partial charge >= 0.3 is 0 Å². The third-order valence-electron chi connectivity index (χ3n) is 7.81. The number of halogens is 1. The summed E-state index contributed by atoms with van der Waals surface area (Å²) >= 11 is 0. The number of benzene rings is 1. The van der Waals surface area contributed by atoms with Gasteiger partial charge in [0, 0.05) is 36.5 Å². The Hall–Kier alpha value is -3.09. The molecule has 0 N–H and O–H groups in total. The summed E-state index contributed by atoms with van der Waals surface area (Å²) in [7, 11) is 0. The zero-order valence-corrected chi connectivity index (χ0v) is 21.2. The van der Waals surface area contributed by atoms with E-state index in [1.54, 1.807) is 12.1 Å². The monoisotopic (exact) mass is 489 g/mol. The van der Waals surface area contributed by atoms with E-state index in [2.05, 4.69) is 18.0 Å². The molecule has 0 spiro atoms. The molecule has 1 saturated carbocycles. The Kier molecular flexibility index (Phi) is 7.73. The Balaban J connectivity index is 1.22. The van der Waals surface area contributed by atoms with E-state index in [0.29, 0.717) is 17.7 Å². The molecule has 7 heteroatoms. The highest BCUT2D eigenvalue weighted by molar-refractivity contribution is 5.76. The number of rotatable bonds is 7. The molecule has 6 nitrogen and oxygen atoms in total. The van der Waals surface area contributed by atoms with Crippen molar-refractivity contribution in [2.24, 2.45) is 5.92 Å². The molecule has 190 valence electrons. The van der Waals surface area contributed by atoms with Crippen LogP contribution in [0.15, 0.2) is 42.6 Å². The molecule has 0 unspecified atom stereocenters. The second-order valence-electron chi connectivity index (χ2n) is 10.5. The average molecular weight is 490 g/mol. The first kappa shape index (κ1) is 24.6. The number of amides is 1. The van der Waals surface area contributed by atoms with E-state index in [9.17, 15) is 9.18 Å². The van der Waals surface area contributed by atoms with Crippen LogP contribution < -0.4 is 0 Å². The summed E-state index contributed by atoms with van der Waals surface area (Å²) in [4.78, 5) is 24.6. The standard InChI is InChI=1S/C29H36FN5O/c1-21-13-16-31-26(19-21)12-7-22-14-17-34(18-15-22)27(36)20-35-29(24-5-3-2-4-6-24)32-28(33-35)23-8-10-25(30)11-9-23/h8-11,13,16,19,22,24H,2-7,12,14-15,17-18,20H2,1H3. The molecular weight excluding hydrogens is 453 g/mol. The van der Waals surface area contributed by atoms with E-state index in [1.165, 1.54) is 37.0 Å². The highest BCUT2D eigenvalue weighted by atomic mass is 19.1. The van der Waals surface area contributed by atoms with Gasteiger partial charge in [-0.05, 0) is 93.3 Å². The van der Waals surface area contributed by atoms with Crippen LogP contribution in [0.4, 0.5) is 4.39 Å². The van der Waals surface area contributed by atoms with Gasteiger partial charge in [-0.25, -0.2) is 14.1 Å². The third kappa shape index (κ3) is 6.00. The number of likely N-dealkylation sites (tertiary alicyclic amines) is 1. The maximum absolute atomic E-state index is 13.4. The van der Waals surface area contributed by atoms with Crippen molar-refractivity contribution in [3.05, 3.63) is 65.5 Å². The molecule has 1 aliphatic carbocycles. The summed E-state index contributed by atoms with van der Waals surface area (Å²) in [5.41, 5.74) is 3.19. The van der Waals surface area contributed by atoms with E-state index < -0.39 is 0 Å². The number of nitrogens with zero attached hydrogens (tertiary/aromatic N) is 5. The summed E-state index contributed by atoms with van der Waals surface area (Å²) in [5, 5.41) is 4.73. The molecule has 2 aromatic heterocycles. The number of hydrogen-bond acceptors (Lipinski definition) is 4. The van der Waals surface area contributed by atoms with Gasteiger partial charge in [-0.2, -0.15) is 5.10 Å². The van der Waals surface area contributed by atoms with Crippen molar-refractivity contribution in [1.29, 1.82) is 0 Å². The van der Waals surface area contributed by atoms with Crippen molar-refractivity contribution in [2.45, 2.75) is 77.2 Å². The second-order valence-corrected chi connectivity index (χ2v) is 10.5. The lowest BCUT2D eigenvalue weighted by molar-refractivity contribution is -0.133. The smallest absolute Gasteiger partial charge is 0.244 e. The minimum absolute atomic E-state index is 0.112. The number of pyridine rings is 1. The number of hydrogen-bond donors (Lipinski definition) is 0. The Labute approximate surface area is 213 Å². The average Bonchev–Trinajstić information content (AvgIpc) is 3.32. The minimum atomic E-state index is -0.278. The van der Waals surface area contributed by atoms with Gasteiger partial charge in [-0.1, -0.05) is 19.3 Å². The number of carbonyl (C=O) groups is 1. The topological polar surface area (TPSA) is 63.9 Å². The second kappa shape index (κ2) is 11.3. The van der Waals surface area contributed by atoms with Gasteiger partial charge in [0.25, 0.3) is 0 Å². The van der Waals surface area contributed by atoms with Crippen LogP contribution in [0, 0.1) is 18.7 Å². The van der Waals surface area contributed by atoms with E-state index in [-0.39, 0.29) is 18.3 Å². The van der Waals surface area contributed by atoms with Crippen LogP contribution in [0.5, 0.6) is 0 Å². The van der Waals surface area contributed by atoms with Gasteiger partial charge in [-0.3, -0.25) is 9.78 Å². The summed E-state index contributed by atoms with van der Waals surface area (Å²) in [5.74, 6) is 2.27. The zero-order valence-electron chi connectivity index (χ0n) is 21.2. The van der Waals surface area contributed by atoms with Crippen molar-refractivity contribution < 1.29 is 9.18 Å². The molecule has 0 bridgehead atoms. The van der Waals surface area contributed by atoms with E-state index in [1.807, 2.05) is 21.8 Å². The molecule has 2 fully saturated rings. The number of aromatic nitrogens is 4. The Bertz CT molecular complexity index is 1160. The maximum atomic E-state index is 13.4. The molecule has 3 heterocycles. The normalized spacial score (nSPS) is 17.4. The Morgan fingerprint density at radius 1 is 1.03 bits per heavy atom. The molecular formula is C29H36FN5O. The molecule has 1 saturated heterocycles. The fraction of sp³-hybridized carbons (Fsp3) is 0.517. The lowest BCUT2D eigenvalue weighted by atomic mass is 9.88. The predicted molar refractivity (Wildman–Crippen MR) is 138 cm³/mol. The van der Waals surface area contributed by atoms with Crippen LogP contribution >= 0.6 is 0 Å². The number of piperidine rings is 1. The van der Waals surface area contributed by atoms with Gasteiger partial charge < -0.3 is 4.90 Å². The Morgan fingerprint density at radius 2 is 1.78 bits per heavy atom. The van der Waals surface area contributed by atoms with Gasteiger partial charge in [0.15, 0.2) is 5.82 Å². The van der Waals surface area contributed by atoms with Crippen molar-refractivity contribution >= 4 is 5.91 Å². The molecule has 1 aliphatic heterocycles. The van der Waals surface area contributed by atoms with Crippen molar-refractivity contribution in [3.8, 4) is 11.4 Å². The van der Waals surface area contributed by atoms with E-state index >= 15 is 0 Å². The van der Waals surface area contributed by atoms with Crippen LogP contribution in [0.25, 0.3) is 11.4 Å². The molecule has 3 aromatic rings. The van der Waals surface area contributed by atoms with Gasteiger partial charge in [-0.15, -0.1) is 0 Å². The van der Waals surface area contributed by atoms with E-state index in [0.717, 1.165) is 68.7 Å². The molecule has 1 amide bonds. The third-order valence-corrected chi connectivity index (χ3v) is 7.81. The summed E-state index contributed by atoms with van der Waals surface area (Å²) in [6, 6.07) is 10.5. The summed E-state index contributed by atoms with van der Waals surface area (Å²) in [6.07, 6.45) is 11.9. The van der Waals surface area contributed by atoms with Crippen LogP contribution in [-0.4, -0.2) is 43.6 Å². The fourth-order valence-electron chi connectivity index (χ4n) is 5.64. The molecule has 5 rings (SSSR count). The highest BCUT2D eigenvalue weighted by Crippen LogP contribution is 2.33. The number of aryl methyl sites for hydroxylation is 2. The van der Waals surface area contributed by atoms with Crippen LogP contribution in [-0.2, 0) is 17.8 Å². The fourth-order valence-corrected chi connectivity index (χ4v) is 5.64. The van der Waals surface area contributed by atoms with Crippen LogP contribution in [0.2, 0.25) is 0 Å². The molecule has 36 heavy (non-hydrogen) atoms. The zero-order chi connectivity index (χ0) is 24.9.